The molecule has 0 aliphatic carbocycles. The fourth-order valence-corrected chi connectivity index (χ4v) is 2.78. The molecule has 0 saturated carbocycles. The highest BCUT2D eigenvalue weighted by Gasteiger charge is 2.21. The summed E-state index contributed by atoms with van der Waals surface area (Å²) in [6.07, 6.45) is 1.40. The third-order valence-electron chi connectivity index (χ3n) is 3.96. The van der Waals surface area contributed by atoms with Gasteiger partial charge in [0.2, 0.25) is 5.95 Å². The molecule has 1 atom stereocenters. The second-order valence-corrected chi connectivity index (χ2v) is 6.09. The molecule has 1 aromatic heterocycles. The van der Waals surface area contributed by atoms with E-state index in [0.29, 0.717) is 37.8 Å². The maximum atomic E-state index is 13.9. The van der Waals surface area contributed by atoms with Crippen molar-refractivity contribution < 1.29 is 13.9 Å². The van der Waals surface area contributed by atoms with Crippen LogP contribution in [0.5, 0.6) is 0 Å². The number of hydrogen-bond donors (Lipinski definition) is 1. The highest BCUT2D eigenvalue weighted by molar-refractivity contribution is 6.33. The highest BCUT2D eigenvalue weighted by Crippen LogP contribution is 2.20. The van der Waals surface area contributed by atoms with Crippen LogP contribution in [0.15, 0.2) is 30.5 Å². The second kappa shape index (κ2) is 7.76. The van der Waals surface area contributed by atoms with Gasteiger partial charge in [-0.15, -0.1) is 0 Å². The standard InChI is InChI=1S/C17H18ClFN4O2/c1-11(12-4-2-3-5-14(12)19)21-16(24)15-13(18)10-20-17(22-15)23-6-8-25-9-7-23/h2-5,10-11H,6-9H2,1H3,(H,21,24). The number of carbonyl (C=O) groups excluding carboxylic acids is 1. The quantitative estimate of drug-likeness (QED) is 0.903. The van der Waals surface area contributed by atoms with Gasteiger partial charge in [0, 0.05) is 18.7 Å². The fraction of sp³-hybridized carbons (Fsp3) is 0.353. The average molecular weight is 365 g/mol. The fourth-order valence-electron chi connectivity index (χ4n) is 2.60. The monoisotopic (exact) mass is 364 g/mol. The first kappa shape index (κ1) is 17.6. The summed E-state index contributed by atoms with van der Waals surface area (Å²) in [7, 11) is 0. The molecular formula is C17H18ClFN4O2. The number of nitrogens with one attached hydrogen (secondary N) is 1. The summed E-state index contributed by atoms with van der Waals surface area (Å²) >= 11 is 6.09. The molecule has 0 spiro atoms. The van der Waals surface area contributed by atoms with Crippen LogP contribution < -0.4 is 10.2 Å². The van der Waals surface area contributed by atoms with E-state index >= 15 is 0 Å². The van der Waals surface area contributed by atoms with Gasteiger partial charge in [-0.2, -0.15) is 0 Å². The van der Waals surface area contributed by atoms with Crippen molar-refractivity contribution in [3.05, 3.63) is 52.6 Å². The zero-order valence-corrected chi connectivity index (χ0v) is 14.5. The van der Waals surface area contributed by atoms with Crippen LogP contribution in [0.25, 0.3) is 0 Å². The number of amides is 1. The Morgan fingerprint density at radius 1 is 1.36 bits per heavy atom. The first-order valence-electron chi connectivity index (χ1n) is 7.97. The van der Waals surface area contributed by atoms with E-state index in [-0.39, 0.29) is 16.5 Å². The van der Waals surface area contributed by atoms with Gasteiger partial charge in [0.25, 0.3) is 5.91 Å². The number of ether oxygens (including phenoxy) is 1. The van der Waals surface area contributed by atoms with Gasteiger partial charge in [-0.3, -0.25) is 4.79 Å². The lowest BCUT2D eigenvalue weighted by molar-refractivity contribution is 0.0934. The molecule has 1 N–H and O–H groups in total. The van der Waals surface area contributed by atoms with Crippen LogP contribution in [0.2, 0.25) is 5.02 Å². The van der Waals surface area contributed by atoms with Crippen LogP contribution in [-0.4, -0.2) is 42.2 Å². The van der Waals surface area contributed by atoms with Crippen LogP contribution in [-0.2, 0) is 4.74 Å². The Morgan fingerprint density at radius 2 is 2.08 bits per heavy atom. The van der Waals surface area contributed by atoms with Gasteiger partial charge in [0.1, 0.15) is 5.82 Å². The van der Waals surface area contributed by atoms with E-state index in [9.17, 15) is 9.18 Å². The van der Waals surface area contributed by atoms with Crippen molar-refractivity contribution in [2.45, 2.75) is 13.0 Å². The SMILES string of the molecule is CC(NC(=O)c1nc(N2CCOCC2)ncc1Cl)c1ccccc1F. The Balaban J connectivity index is 1.78. The van der Waals surface area contributed by atoms with Crippen LogP contribution in [0.3, 0.4) is 0 Å². The van der Waals surface area contributed by atoms with Crippen LogP contribution in [0, 0.1) is 5.82 Å². The van der Waals surface area contributed by atoms with Crippen molar-refractivity contribution in [3.8, 4) is 0 Å². The van der Waals surface area contributed by atoms with Crippen molar-refractivity contribution in [2.24, 2.45) is 0 Å². The number of rotatable bonds is 4. The molecule has 8 heteroatoms. The lowest BCUT2D eigenvalue weighted by Crippen LogP contribution is -2.38. The topological polar surface area (TPSA) is 67.4 Å². The molecule has 6 nitrogen and oxygen atoms in total. The van der Waals surface area contributed by atoms with Gasteiger partial charge >= 0.3 is 0 Å². The highest BCUT2D eigenvalue weighted by atomic mass is 35.5. The molecule has 25 heavy (non-hydrogen) atoms. The first-order chi connectivity index (χ1) is 12.1. The number of hydrogen-bond acceptors (Lipinski definition) is 5. The average Bonchev–Trinajstić information content (AvgIpc) is 2.63. The van der Waals surface area contributed by atoms with Crippen molar-refractivity contribution >= 4 is 23.5 Å². The summed E-state index contributed by atoms with van der Waals surface area (Å²) in [5, 5.41) is 2.88. The molecule has 0 bridgehead atoms. The second-order valence-electron chi connectivity index (χ2n) is 5.68. The lowest BCUT2D eigenvalue weighted by Gasteiger charge is -2.27. The molecule has 2 aromatic rings. The normalized spacial score (nSPS) is 15.7. The maximum absolute atomic E-state index is 13.9. The van der Waals surface area contributed by atoms with Gasteiger partial charge in [-0.05, 0) is 13.0 Å². The van der Waals surface area contributed by atoms with Gasteiger partial charge < -0.3 is 15.0 Å². The molecular weight excluding hydrogens is 347 g/mol. The minimum Gasteiger partial charge on any atom is -0.378 e. The Hall–Kier alpha value is -2.25. The minimum absolute atomic E-state index is 0.0707. The van der Waals surface area contributed by atoms with Crippen molar-refractivity contribution in [3.63, 3.8) is 0 Å². The molecule has 132 valence electrons. The van der Waals surface area contributed by atoms with Crippen LogP contribution in [0.1, 0.15) is 29.0 Å². The third-order valence-corrected chi connectivity index (χ3v) is 4.24. The van der Waals surface area contributed by atoms with Crippen molar-refractivity contribution in [1.82, 2.24) is 15.3 Å². The molecule has 2 heterocycles. The Kier molecular flexibility index (Phi) is 5.45. The molecule has 1 amide bonds. The molecule has 1 saturated heterocycles. The van der Waals surface area contributed by atoms with Gasteiger partial charge in [0.05, 0.1) is 30.5 Å². The van der Waals surface area contributed by atoms with Gasteiger partial charge in [-0.25, -0.2) is 14.4 Å². The Morgan fingerprint density at radius 3 is 2.80 bits per heavy atom. The zero-order valence-electron chi connectivity index (χ0n) is 13.7. The summed E-state index contributed by atoms with van der Waals surface area (Å²) in [4.78, 5) is 22.9. The largest absolute Gasteiger partial charge is 0.378 e. The number of nitrogens with zero attached hydrogens (tertiary/aromatic N) is 3. The smallest absolute Gasteiger partial charge is 0.272 e. The van der Waals surface area contributed by atoms with Crippen molar-refractivity contribution in [2.75, 3.05) is 31.2 Å². The molecule has 0 radical (unpaired) electrons. The Labute approximate surface area is 150 Å². The van der Waals surface area contributed by atoms with E-state index in [4.69, 9.17) is 16.3 Å². The molecule has 3 rings (SSSR count). The number of aromatic nitrogens is 2. The number of carbonyl (C=O) groups is 1. The Bertz CT molecular complexity index is 768. The number of benzene rings is 1. The molecule has 1 aromatic carbocycles. The zero-order chi connectivity index (χ0) is 17.8. The van der Waals surface area contributed by atoms with E-state index in [1.807, 2.05) is 4.90 Å². The molecule has 1 fully saturated rings. The van der Waals surface area contributed by atoms with E-state index in [1.54, 1.807) is 25.1 Å². The molecule has 1 unspecified atom stereocenters. The maximum Gasteiger partial charge on any atom is 0.272 e. The van der Waals surface area contributed by atoms with Gasteiger partial charge in [-0.1, -0.05) is 29.8 Å². The predicted molar refractivity (Wildman–Crippen MR) is 92.4 cm³/mol. The predicted octanol–water partition coefficient (Wildman–Crippen LogP) is 2.60. The van der Waals surface area contributed by atoms with E-state index < -0.39 is 11.9 Å². The van der Waals surface area contributed by atoms with Crippen molar-refractivity contribution in [1.29, 1.82) is 0 Å². The summed E-state index contributed by atoms with van der Waals surface area (Å²) in [5.41, 5.74) is 0.468. The van der Waals surface area contributed by atoms with Gasteiger partial charge in [0.15, 0.2) is 5.69 Å². The molecule has 1 aliphatic rings. The molecule has 1 aliphatic heterocycles. The van der Waals surface area contributed by atoms with Crippen LogP contribution in [0.4, 0.5) is 10.3 Å². The van der Waals surface area contributed by atoms with E-state index in [0.717, 1.165) is 0 Å². The number of anilines is 1. The van der Waals surface area contributed by atoms with E-state index in [2.05, 4.69) is 15.3 Å². The summed E-state index contributed by atoms with van der Waals surface area (Å²) in [5.74, 6) is -0.424. The summed E-state index contributed by atoms with van der Waals surface area (Å²) in [6.45, 7) is 4.16. The minimum atomic E-state index is -0.522. The lowest BCUT2D eigenvalue weighted by atomic mass is 10.1. The summed E-state index contributed by atoms with van der Waals surface area (Å²) in [6, 6.07) is 5.78. The van der Waals surface area contributed by atoms with E-state index in [1.165, 1.54) is 12.3 Å². The number of morpholine rings is 1. The summed E-state index contributed by atoms with van der Waals surface area (Å²) < 4.78 is 19.2. The van der Waals surface area contributed by atoms with Crippen LogP contribution >= 0.6 is 11.6 Å². The first-order valence-corrected chi connectivity index (χ1v) is 8.34. The third kappa shape index (κ3) is 4.05. The number of halogens is 2.